The first-order valence-electron chi connectivity index (χ1n) is 4.66. The maximum Gasteiger partial charge on any atom is 0.183 e. The Kier molecular flexibility index (Phi) is 5.19. The standard InChI is InChI=1S/C11H10BrN3OS/c1-7(16)8-3-4-10(9(12)5-8)15-11(17-2)14-6-13/h3-5H,1-2H3,(H,14,15). The summed E-state index contributed by atoms with van der Waals surface area (Å²) in [4.78, 5) is 15.4. The van der Waals surface area contributed by atoms with Crippen LogP contribution in [0.25, 0.3) is 0 Å². The lowest BCUT2D eigenvalue weighted by Crippen LogP contribution is -2.12. The number of halogens is 1. The minimum atomic E-state index is 0.00136. The van der Waals surface area contributed by atoms with Crippen molar-refractivity contribution in [3.8, 4) is 6.19 Å². The number of benzene rings is 1. The van der Waals surface area contributed by atoms with E-state index in [0.29, 0.717) is 16.4 Å². The van der Waals surface area contributed by atoms with Crippen LogP contribution in [0.5, 0.6) is 0 Å². The molecule has 88 valence electrons. The fourth-order valence-corrected chi connectivity index (χ4v) is 1.90. The van der Waals surface area contributed by atoms with Gasteiger partial charge in [-0.1, -0.05) is 11.8 Å². The molecule has 17 heavy (non-hydrogen) atoms. The van der Waals surface area contributed by atoms with Crippen LogP contribution in [0.4, 0.5) is 5.69 Å². The highest BCUT2D eigenvalue weighted by atomic mass is 79.9. The van der Waals surface area contributed by atoms with Crippen LogP contribution >= 0.6 is 27.7 Å². The first-order chi connectivity index (χ1) is 8.08. The zero-order valence-corrected chi connectivity index (χ0v) is 11.7. The smallest absolute Gasteiger partial charge is 0.183 e. The van der Waals surface area contributed by atoms with Gasteiger partial charge >= 0.3 is 0 Å². The van der Waals surface area contributed by atoms with Crippen LogP contribution in [0.2, 0.25) is 0 Å². The number of ketones is 1. The van der Waals surface area contributed by atoms with Gasteiger partial charge in [0.2, 0.25) is 0 Å². The van der Waals surface area contributed by atoms with Crippen molar-refractivity contribution >= 4 is 44.3 Å². The Bertz CT molecular complexity index is 508. The zero-order valence-electron chi connectivity index (χ0n) is 9.32. The van der Waals surface area contributed by atoms with Crippen molar-refractivity contribution in [3.05, 3.63) is 28.2 Å². The number of Topliss-reactive ketones (excluding diaryl/α,β-unsaturated/α-hetero) is 1. The topological polar surface area (TPSA) is 65.2 Å². The maximum absolute atomic E-state index is 11.2. The summed E-state index contributed by atoms with van der Waals surface area (Å²) in [5.74, 6) is 0.00136. The molecule has 0 bridgehead atoms. The number of amidine groups is 1. The van der Waals surface area contributed by atoms with Gasteiger partial charge in [0.1, 0.15) is 0 Å². The van der Waals surface area contributed by atoms with Crippen LogP contribution in [0.15, 0.2) is 27.7 Å². The molecule has 0 aliphatic rings. The number of aliphatic imine (C=N–C) groups is 1. The average molecular weight is 312 g/mol. The molecule has 0 amide bonds. The lowest BCUT2D eigenvalue weighted by atomic mass is 10.1. The molecular formula is C11H10BrN3OS. The van der Waals surface area contributed by atoms with Crippen molar-refractivity contribution in [1.29, 1.82) is 5.26 Å². The number of hydrogen-bond acceptors (Lipinski definition) is 4. The largest absolute Gasteiger partial charge is 0.295 e. The highest BCUT2D eigenvalue weighted by molar-refractivity contribution is 9.10. The highest BCUT2D eigenvalue weighted by Gasteiger charge is 2.05. The van der Waals surface area contributed by atoms with E-state index in [0.717, 1.165) is 4.47 Å². The molecule has 0 radical (unpaired) electrons. The number of nitrogens with zero attached hydrogens (tertiary/aromatic N) is 2. The van der Waals surface area contributed by atoms with Crippen LogP contribution in [-0.2, 0) is 0 Å². The lowest BCUT2D eigenvalue weighted by molar-refractivity contribution is 0.101. The summed E-state index contributed by atoms with van der Waals surface area (Å²) in [6, 6.07) is 5.15. The van der Waals surface area contributed by atoms with Gasteiger partial charge < -0.3 is 0 Å². The van der Waals surface area contributed by atoms with Crippen LogP contribution in [0.1, 0.15) is 17.3 Å². The Labute approximate surface area is 112 Å². The third-order valence-corrected chi connectivity index (χ3v) is 3.15. The predicted molar refractivity (Wildman–Crippen MR) is 73.5 cm³/mol. The molecule has 0 fully saturated rings. The number of nitriles is 1. The number of nitrogens with one attached hydrogen (secondary N) is 1. The summed E-state index contributed by atoms with van der Waals surface area (Å²) in [5.41, 5.74) is 1.29. The van der Waals surface area contributed by atoms with Gasteiger partial charge in [-0.15, -0.1) is 0 Å². The third kappa shape index (κ3) is 3.88. The van der Waals surface area contributed by atoms with Gasteiger partial charge in [0.15, 0.2) is 17.1 Å². The van der Waals surface area contributed by atoms with E-state index >= 15 is 0 Å². The second-order valence-corrected chi connectivity index (χ2v) is 4.73. The van der Waals surface area contributed by atoms with Gasteiger partial charge in [0.25, 0.3) is 0 Å². The summed E-state index contributed by atoms with van der Waals surface area (Å²) < 4.78 is 0.719. The van der Waals surface area contributed by atoms with E-state index in [9.17, 15) is 4.79 Å². The van der Waals surface area contributed by atoms with E-state index in [4.69, 9.17) is 5.26 Å². The van der Waals surface area contributed by atoms with Crippen molar-refractivity contribution in [1.82, 2.24) is 5.32 Å². The number of carbonyl (C=O) groups is 1. The lowest BCUT2D eigenvalue weighted by Gasteiger charge is -2.03. The minimum Gasteiger partial charge on any atom is -0.295 e. The van der Waals surface area contributed by atoms with Crippen LogP contribution in [-0.4, -0.2) is 17.2 Å². The second-order valence-electron chi connectivity index (χ2n) is 3.08. The van der Waals surface area contributed by atoms with E-state index in [-0.39, 0.29) is 5.78 Å². The Morgan fingerprint density at radius 3 is 2.76 bits per heavy atom. The van der Waals surface area contributed by atoms with Crippen molar-refractivity contribution in [2.24, 2.45) is 4.99 Å². The molecule has 0 atom stereocenters. The summed E-state index contributed by atoms with van der Waals surface area (Å²) in [5, 5.41) is 11.5. The molecule has 0 saturated carbocycles. The fourth-order valence-electron chi connectivity index (χ4n) is 1.10. The van der Waals surface area contributed by atoms with Crippen molar-refractivity contribution in [2.45, 2.75) is 6.92 Å². The quantitative estimate of drug-likeness (QED) is 0.300. The zero-order chi connectivity index (χ0) is 12.8. The molecule has 4 nitrogen and oxygen atoms in total. The van der Waals surface area contributed by atoms with Crippen LogP contribution in [0, 0.1) is 11.5 Å². The minimum absolute atomic E-state index is 0.00136. The normalized spacial score (nSPS) is 10.8. The van der Waals surface area contributed by atoms with E-state index in [1.54, 1.807) is 18.2 Å². The number of carbonyl (C=O) groups excluding carboxylic acids is 1. The fraction of sp³-hybridized carbons (Fsp3) is 0.182. The molecule has 6 heteroatoms. The Hall–Kier alpha value is -1.32. The molecule has 0 saturated heterocycles. The Balaban J connectivity index is 3.08. The summed E-state index contributed by atoms with van der Waals surface area (Å²) in [7, 11) is 0. The Morgan fingerprint density at radius 2 is 2.29 bits per heavy atom. The molecular weight excluding hydrogens is 302 g/mol. The molecule has 0 spiro atoms. The van der Waals surface area contributed by atoms with Gasteiger partial charge in [0, 0.05) is 10.0 Å². The molecule has 1 aromatic rings. The van der Waals surface area contributed by atoms with Crippen molar-refractivity contribution in [2.75, 3.05) is 6.26 Å². The van der Waals surface area contributed by atoms with Gasteiger partial charge in [-0.3, -0.25) is 10.1 Å². The number of rotatable bonds is 2. The van der Waals surface area contributed by atoms with Gasteiger partial charge in [-0.2, -0.15) is 5.26 Å². The Morgan fingerprint density at radius 1 is 1.59 bits per heavy atom. The highest BCUT2D eigenvalue weighted by Crippen LogP contribution is 2.27. The summed E-state index contributed by atoms with van der Waals surface area (Å²) in [6.45, 7) is 1.51. The second kappa shape index (κ2) is 6.42. The number of hydrogen-bond donors (Lipinski definition) is 1. The van der Waals surface area contributed by atoms with Crippen molar-refractivity contribution in [3.63, 3.8) is 0 Å². The third-order valence-electron chi connectivity index (χ3n) is 1.93. The monoisotopic (exact) mass is 311 g/mol. The molecule has 1 rings (SSSR count). The first-order valence-corrected chi connectivity index (χ1v) is 6.68. The first kappa shape index (κ1) is 13.7. The molecule has 0 aliphatic heterocycles. The van der Waals surface area contributed by atoms with Gasteiger partial charge in [-0.25, -0.2) is 4.99 Å². The average Bonchev–Trinajstić information content (AvgIpc) is 2.30. The summed E-state index contributed by atoms with van der Waals surface area (Å²) in [6.07, 6.45) is 3.64. The van der Waals surface area contributed by atoms with Gasteiger partial charge in [-0.05, 0) is 47.3 Å². The van der Waals surface area contributed by atoms with E-state index in [1.165, 1.54) is 18.7 Å². The maximum atomic E-state index is 11.2. The molecule has 0 aromatic heterocycles. The molecule has 1 N–H and O–H groups in total. The number of thioether (sulfide) groups is 1. The van der Waals surface area contributed by atoms with E-state index in [1.807, 2.05) is 12.4 Å². The van der Waals surface area contributed by atoms with Crippen LogP contribution < -0.4 is 5.32 Å². The van der Waals surface area contributed by atoms with Crippen LogP contribution in [0.3, 0.4) is 0 Å². The molecule has 0 aliphatic carbocycles. The predicted octanol–water partition coefficient (Wildman–Crippen LogP) is 3.07. The van der Waals surface area contributed by atoms with E-state index in [2.05, 4.69) is 26.2 Å². The van der Waals surface area contributed by atoms with E-state index < -0.39 is 0 Å². The molecule has 0 unspecified atom stereocenters. The SMILES string of the molecule is CSC(=Nc1ccc(C(C)=O)cc1Br)NC#N. The molecule has 1 aromatic carbocycles. The van der Waals surface area contributed by atoms with Gasteiger partial charge in [0.05, 0.1) is 5.69 Å². The summed E-state index contributed by atoms with van der Waals surface area (Å²) >= 11 is 4.68. The molecule has 0 heterocycles. The van der Waals surface area contributed by atoms with Crippen molar-refractivity contribution < 1.29 is 4.79 Å².